The molecule has 1 aromatic heterocycles. The van der Waals surface area contributed by atoms with E-state index in [1.807, 2.05) is 12.1 Å². The molecule has 2 N–H and O–H groups in total. The fourth-order valence-electron chi connectivity index (χ4n) is 2.75. The Bertz CT molecular complexity index is 695. The fourth-order valence-corrected chi connectivity index (χ4v) is 3.13. The molecule has 0 radical (unpaired) electrons. The second-order valence-corrected chi connectivity index (χ2v) is 6.42. The van der Waals surface area contributed by atoms with Gasteiger partial charge in [-0.2, -0.15) is 5.10 Å². The highest BCUT2D eigenvalue weighted by atomic mass is 35.5. The molecule has 1 unspecified atom stereocenters. The summed E-state index contributed by atoms with van der Waals surface area (Å²) in [6.07, 6.45) is 4.30. The van der Waals surface area contributed by atoms with E-state index in [2.05, 4.69) is 15.7 Å². The molecule has 7 heteroatoms. The zero-order valence-electron chi connectivity index (χ0n) is 12.6. The molecule has 0 aliphatic carbocycles. The smallest absolute Gasteiger partial charge is 0.227 e. The van der Waals surface area contributed by atoms with Gasteiger partial charge in [-0.05, 0) is 31.0 Å². The van der Waals surface area contributed by atoms with E-state index in [1.54, 1.807) is 23.0 Å². The van der Waals surface area contributed by atoms with Gasteiger partial charge >= 0.3 is 0 Å². The van der Waals surface area contributed by atoms with Crippen LogP contribution in [0.5, 0.6) is 0 Å². The number of anilines is 1. The highest BCUT2D eigenvalue weighted by Crippen LogP contribution is 2.26. The van der Waals surface area contributed by atoms with Crippen molar-refractivity contribution in [3.05, 3.63) is 46.1 Å². The van der Waals surface area contributed by atoms with Gasteiger partial charge < -0.3 is 10.6 Å². The van der Waals surface area contributed by atoms with Gasteiger partial charge in [0, 0.05) is 18.5 Å². The molecule has 0 saturated carbocycles. The standard InChI is InChI=1S/C16H18Cl2N4O/c17-13-5-1-3-11(16(13)18)10-22-14(6-8-20-22)21-15(23)9-12-4-2-7-19-12/h1,3,5-6,8,12,19H,2,4,7,9-10H2,(H,21,23). The number of nitrogens with one attached hydrogen (secondary N) is 2. The second kappa shape index (κ2) is 7.34. The minimum atomic E-state index is -0.0108. The first-order valence-electron chi connectivity index (χ1n) is 7.61. The quantitative estimate of drug-likeness (QED) is 0.867. The van der Waals surface area contributed by atoms with E-state index in [9.17, 15) is 4.79 Å². The summed E-state index contributed by atoms with van der Waals surface area (Å²) in [4.78, 5) is 12.2. The van der Waals surface area contributed by atoms with Crippen molar-refractivity contribution < 1.29 is 4.79 Å². The summed E-state index contributed by atoms with van der Waals surface area (Å²) in [6, 6.07) is 7.53. The maximum Gasteiger partial charge on any atom is 0.227 e. The molecule has 0 spiro atoms. The van der Waals surface area contributed by atoms with E-state index in [1.165, 1.54) is 0 Å². The maximum absolute atomic E-state index is 12.2. The summed E-state index contributed by atoms with van der Waals surface area (Å²) < 4.78 is 1.71. The van der Waals surface area contributed by atoms with Crippen LogP contribution in [0.25, 0.3) is 0 Å². The average molecular weight is 353 g/mol. The fraction of sp³-hybridized carbons (Fsp3) is 0.375. The number of carbonyl (C=O) groups excluding carboxylic acids is 1. The van der Waals surface area contributed by atoms with Crippen LogP contribution in [-0.4, -0.2) is 28.3 Å². The third-order valence-electron chi connectivity index (χ3n) is 3.93. The minimum Gasteiger partial charge on any atom is -0.313 e. The molecule has 1 saturated heterocycles. The first-order chi connectivity index (χ1) is 11.1. The van der Waals surface area contributed by atoms with Gasteiger partial charge in [0.1, 0.15) is 5.82 Å². The first kappa shape index (κ1) is 16.3. The van der Waals surface area contributed by atoms with Crippen LogP contribution in [0.1, 0.15) is 24.8 Å². The zero-order valence-corrected chi connectivity index (χ0v) is 14.1. The second-order valence-electron chi connectivity index (χ2n) is 5.63. The number of benzene rings is 1. The van der Waals surface area contributed by atoms with Gasteiger partial charge in [0.15, 0.2) is 0 Å². The number of nitrogens with zero attached hydrogens (tertiary/aromatic N) is 2. The van der Waals surface area contributed by atoms with Crippen molar-refractivity contribution in [2.24, 2.45) is 0 Å². The Balaban J connectivity index is 1.67. The molecule has 23 heavy (non-hydrogen) atoms. The molecule has 0 bridgehead atoms. The molecular weight excluding hydrogens is 335 g/mol. The summed E-state index contributed by atoms with van der Waals surface area (Å²) >= 11 is 12.2. The van der Waals surface area contributed by atoms with E-state index < -0.39 is 0 Å². The first-order valence-corrected chi connectivity index (χ1v) is 8.37. The van der Waals surface area contributed by atoms with Crippen LogP contribution in [0.3, 0.4) is 0 Å². The average Bonchev–Trinajstić information content (AvgIpc) is 3.16. The molecule has 1 fully saturated rings. The van der Waals surface area contributed by atoms with Gasteiger partial charge in [0.05, 0.1) is 22.8 Å². The summed E-state index contributed by atoms with van der Waals surface area (Å²) in [6.45, 7) is 1.44. The lowest BCUT2D eigenvalue weighted by Crippen LogP contribution is -2.28. The summed E-state index contributed by atoms with van der Waals surface area (Å²) in [5.41, 5.74) is 0.857. The highest BCUT2D eigenvalue weighted by molar-refractivity contribution is 6.42. The monoisotopic (exact) mass is 352 g/mol. The Kier molecular flexibility index (Phi) is 5.20. The van der Waals surface area contributed by atoms with Crippen LogP contribution in [0.2, 0.25) is 10.0 Å². The number of rotatable bonds is 5. The van der Waals surface area contributed by atoms with Crippen molar-refractivity contribution >= 4 is 34.9 Å². The van der Waals surface area contributed by atoms with Crippen molar-refractivity contribution in [2.75, 3.05) is 11.9 Å². The molecule has 5 nitrogen and oxygen atoms in total. The minimum absolute atomic E-state index is 0.0108. The Labute approximate surface area is 145 Å². The topological polar surface area (TPSA) is 59.0 Å². The Hall–Kier alpha value is -1.56. The zero-order chi connectivity index (χ0) is 16.2. The van der Waals surface area contributed by atoms with E-state index >= 15 is 0 Å². The van der Waals surface area contributed by atoms with Gasteiger partial charge in [0.2, 0.25) is 5.91 Å². The van der Waals surface area contributed by atoms with Crippen molar-refractivity contribution in [3.63, 3.8) is 0 Å². The Morgan fingerprint density at radius 2 is 2.26 bits per heavy atom. The number of carbonyl (C=O) groups is 1. The van der Waals surface area contributed by atoms with Crippen LogP contribution in [0.15, 0.2) is 30.5 Å². The summed E-state index contributed by atoms with van der Waals surface area (Å²) in [5.74, 6) is 0.646. The van der Waals surface area contributed by atoms with Gasteiger partial charge in [0.25, 0.3) is 0 Å². The van der Waals surface area contributed by atoms with Crippen LogP contribution in [0.4, 0.5) is 5.82 Å². The van der Waals surface area contributed by atoms with Crippen molar-refractivity contribution in [1.29, 1.82) is 0 Å². The number of halogens is 2. The van der Waals surface area contributed by atoms with Gasteiger partial charge in [-0.1, -0.05) is 35.3 Å². The molecule has 2 heterocycles. The Morgan fingerprint density at radius 3 is 3.04 bits per heavy atom. The predicted octanol–water partition coefficient (Wildman–Crippen LogP) is 3.32. The molecule has 1 aromatic carbocycles. The molecule has 122 valence electrons. The highest BCUT2D eigenvalue weighted by Gasteiger charge is 2.18. The van der Waals surface area contributed by atoms with Crippen LogP contribution >= 0.6 is 23.2 Å². The third-order valence-corrected chi connectivity index (χ3v) is 4.79. The normalized spacial score (nSPS) is 17.4. The number of amides is 1. The van der Waals surface area contributed by atoms with Crippen LogP contribution in [-0.2, 0) is 11.3 Å². The van der Waals surface area contributed by atoms with Crippen molar-refractivity contribution in [1.82, 2.24) is 15.1 Å². The van der Waals surface area contributed by atoms with Crippen LogP contribution < -0.4 is 10.6 Å². The van der Waals surface area contributed by atoms with Crippen molar-refractivity contribution in [3.8, 4) is 0 Å². The lowest BCUT2D eigenvalue weighted by molar-refractivity contribution is -0.116. The number of aromatic nitrogens is 2. The molecule has 1 aliphatic rings. The van der Waals surface area contributed by atoms with Gasteiger partial charge in [-0.25, -0.2) is 4.68 Å². The van der Waals surface area contributed by atoms with Crippen molar-refractivity contribution in [2.45, 2.75) is 31.8 Å². The molecule has 1 aliphatic heterocycles. The summed E-state index contributed by atoms with van der Waals surface area (Å²) in [5, 5.41) is 11.5. The van der Waals surface area contributed by atoms with E-state index in [0.717, 1.165) is 24.9 Å². The van der Waals surface area contributed by atoms with E-state index in [-0.39, 0.29) is 11.9 Å². The predicted molar refractivity (Wildman–Crippen MR) is 92.1 cm³/mol. The molecule has 1 amide bonds. The lowest BCUT2D eigenvalue weighted by Gasteiger charge is -2.13. The van der Waals surface area contributed by atoms with Crippen LogP contribution in [0, 0.1) is 0 Å². The number of hydrogen-bond donors (Lipinski definition) is 2. The molecular formula is C16H18Cl2N4O. The summed E-state index contributed by atoms with van der Waals surface area (Å²) in [7, 11) is 0. The SMILES string of the molecule is O=C(CC1CCCN1)Nc1ccnn1Cc1cccc(Cl)c1Cl. The maximum atomic E-state index is 12.2. The Morgan fingerprint density at radius 1 is 1.39 bits per heavy atom. The number of hydrogen-bond acceptors (Lipinski definition) is 3. The molecule has 1 atom stereocenters. The third kappa shape index (κ3) is 4.05. The van der Waals surface area contributed by atoms with E-state index in [4.69, 9.17) is 23.2 Å². The van der Waals surface area contributed by atoms with Gasteiger partial charge in [-0.15, -0.1) is 0 Å². The molecule has 3 rings (SSSR count). The molecule has 2 aromatic rings. The lowest BCUT2D eigenvalue weighted by atomic mass is 10.1. The van der Waals surface area contributed by atoms with E-state index in [0.29, 0.717) is 28.8 Å². The van der Waals surface area contributed by atoms with Gasteiger partial charge in [-0.3, -0.25) is 4.79 Å². The largest absolute Gasteiger partial charge is 0.313 e.